The van der Waals surface area contributed by atoms with Gasteiger partial charge in [-0.3, -0.25) is 9.59 Å². The topological polar surface area (TPSA) is 126 Å². The molecule has 2 atom stereocenters. The molecule has 4 aromatic rings. The molecule has 1 aromatic carbocycles. The zero-order chi connectivity index (χ0) is 30.3. The fourth-order valence-electron chi connectivity index (χ4n) is 4.25. The normalized spacial score (nSPS) is 13.8. The third-order valence-corrected chi connectivity index (χ3v) is 6.29. The number of hydrogen-bond acceptors (Lipinski definition) is 7. The zero-order valence-electron chi connectivity index (χ0n) is 21.9. The van der Waals surface area contributed by atoms with E-state index >= 15 is 8.78 Å². The van der Waals surface area contributed by atoms with Gasteiger partial charge in [0.15, 0.2) is 17.5 Å². The number of nitrogens with zero attached hydrogens (tertiary/aromatic N) is 4. The first-order chi connectivity index (χ1) is 19.1. The number of H-pyrrole nitrogens is 1. The lowest BCUT2D eigenvalue weighted by Gasteiger charge is -2.20. The van der Waals surface area contributed by atoms with Crippen molar-refractivity contribution in [2.75, 3.05) is 5.32 Å². The van der Waals surface area contributed by atoms with Crippen LogP contribution < -0.4 is 16.4 Å². The first-order valence-corrected chi connectivity index (χ1v) is 12.2. The molecule has 3 aromatic heterocycles. The monoisotopic (exact) mass is 582 g/mol. The highest BCUT2D eigenvalue weighted by atomic mass is 19.4. The Balaban J connectivity index is 1.56. The number of hydrogen-bond donors (Lipinski definition) is 3. The Morgan fingerprint density at radius 2 is 1.76 bits per heavy atom. The number of aliphatic hydroxyl groups is 1. The fraction of sp³-hybridized carbons (Fsp3) is 0.346. The van der Waals surface area contributed by atoms with E-state index in [0.717, 1.165) is 10.8 Å². The number of halogens is 6. The standard InChI is InChI=1S/C26H24F6N6O3/c1-12(36-17-10-35-37-23(39)19(17)26(30,31)32)6-15(27)11-38-5-4-13-7-16(20(28)21(29)18(13)24(38)40)22-33-8-14(9-34-22)25(2,3)41/h4-5,7-10,12,15,41H,6,11H2,1-3H3,(H2,36,37,39)/t12-,15-/m1/s1. The van der Waals surface area contributed by atoms with E-state index < -0.39 is 76.3 Å². The molecule has 4 rings (SSSR count). The van der Waals surface area contributed by atoms with E-state index in [2.05, 4.69) is 20.4 Å². The molecule has 0 aliphatic heterocycles. The molecular formula is C26H24F6N6O3. The summed E-state index contributed by atoms with van der Waals surface area (Å²) in [6.07, 6.45) is -2.74. The Bertz CT molecular complexity index is 1700. The van der Waals surface area contributed by atoms with Crippen molar-refractivity contribution in [1.82, 2.24) is 24.7 Å². The van der Waals surface area contributed by atoms with E-state index in [9.17, 15) is 32.3 Å². The maximum Gasteiger partial charge on any atom is 0.423 e. The molecule has 0 bridgehead atoms. The van der Waals surface area contributed by atoms with Crippen LogP contribution in [0.15, 0.2) is 46.5 Å². The lowest BCUT2D eigenvalue weighted by Crippen LogP contribution is -2.30. The van der Waals surface area contributed by atoms with Gasteiger partial charge in [0.25, 0.3) is 11.1 Å². The predicted octanol–water partition coefficient (Wildman–Crippen LogP) is 4.30. The van der Waals surface area contributed by atoms with Crippen molar-refractivity contribution in [2.45, 2.75) is 57.7 Å². The van der Waals surface area contributed by atoms with Crippen molar-refractivity contribution in [3.05, 3.63) is 80.4 Å². The number of rotatable bonds is 8. The highest BCUT2D eigenvalue weighted by Crippen LogP contribution is 2.32. The molecule has 0 aliphatic rings. The highest BCUT2D eigenvalue weighted by molar-refractivity contribution is 5.86. The molecule has 9 nitrogen and oxygen atoms in total. The number of aromatic amines is 1. The summed E-state index contributed by atoms with van der Waals surface area (Å²) in [7, 11) is 0. The molecule has 0 saturated carbocycles. The number of aromatic nitrogens is 5. The summed E-state index contributed by atoms with van der Waals surface area (Å²) in [5.74, 6) is -3.07. The van der Waals surface area contributed by atoms with E-state index in [0.29, 0.717) is 5.56 Å². The van der Waals surface area contributed by atoms with Gasteiger partial charge in [0.2, 0.25) is 0 Å². The fourth-order valence-corrected chi connectivity index (χ4v) is 4.25. The summed E-state index contributed by atoms with van der Waals surface area (Å²) in [5.41, 5.74) is -5.90. The highest BCUT2D eigenvalue weighted by Gasteiger charge is 2.37. The van der Waals surface area contributed by atoms with E-state index in [1.165, 1.54) is 51.5 Å². The van der Waals surface area contributed by atoms with E-state index in [1.54, 1.807) is 5.10 Å². The summed E-state index contributed by atoms with van der Waals surface area (Å²) in [6, 6.07) is 1.51. The van der Waals surface area contributed by atoms with Crippen molar-refractivity contribution < 1.29 is 31.4 Å². The second-order valence-corrected chi connectivity index (χ2v) is 10.0. The van der Waals surface area contributed by atoms with Crippen LogP contribution in [-0.4, -0.2) is 42.1 Å². The molecule has 0 fully saturated rings. The zero-order valence-corrected chi connectivity index (χ0v) is 21.9. The van der Waals surface area contributed by atoms with Crippen molar-refractivity contribution in [3.63, 3.8) is 0 Å². The Morgan fingerprint density at radius 1 is 1.10 bits per heavy atom. The van der Waals surface area contributed by atoms with Crippen LogP contribution in [-0.2, 0) is 18.3 Å². The van der Waals surface area contributed by atoms with Crippen molar-refractivity contribution in [2.24, 2.45) is 0 Å². The molecule has 0 unspecified atom stereocenters. The van der Waals surface area contributed by atoms with Gasteiger partial charge in [0, 0.05) is 36.6 Å². The van der Waals surface area contributed by atoms with Gasteiger partial charge < -0.3 is 15.0 Å². The molecular weight excluding hydrogens is 558 g/mol. The minimum Gasteiger partial charge on any atom is -0.386 e. The molecule has 15 heteroatoms. The molecule has 218 valence electrons. The maximum absolute atomic E-state index is 15.1. The molecule has 41 heavy (non-hydrogen) atoms. The third-order valence-electron chi connectivity index (χ3n) is 6.29. The minimum absolute atomic E-state index is 0.00207. The average molecular weight is 583 g/mol. The first kappa shape index (κ1) is 29.7. The SMILES string of the molecule is C[C@H](C[C@@H](F)Cn1ccc2cc(-c3ncc(C(C)(C)O)cn3)c(F)c(F)c2c1=O)Nc1cn[nH]c(=O)c1C(F)(F)F. The van der Waals surface area contributed by atoms with Gasteiger partial charge >= 0.3 is 6.18 Å². The van der Waals surface area contributed by atoms with Crippen LogP contribution in [0.1, 0.15) is 38.3 Å². The smallest absolute Gasteiger partial charge is 0.386 e. The molecule has 0 aliphatic carbocycles. The van der Waals surface area contributed by atoms with Crippen LogP contribution in [0, 0.1) is 11.6 Å². The predicted molar refractivity (Wildman–Crippen MR) is 137 cm³/mol. The van der Waals surface area contributed by atoms with E-state index in [1.807, 2.05) is 0 Å². The van der Waals surface area contributed by atoms with Gasteiger partial charge in [0.1, 0.15) is 11.7 Å². The lowest BCUT2D eigenvalue weighted by atomic mass is 10.0. The van der Waals surface area contributed by atoms with E-state index in [4.69, 9.17) is 0 Å². The second-order valence-electron chi connectivity index (χ2n) is 10.0. The molecule has 0 radical (unpaired) electrons. The van der Waals surface area contributed by atoms with Crippen LogP contribution in [0.25, 0.3) is 22.2 Å². The van der Waals surface area contributed by atoms with Crippen LogP contribution >= 0.6 is 0 Å². The van der Waals surface area contributed by atoms with Crippen molar-refractivity contribution in [1.29, 1.82) is 0 Å². The second kappa shape index (κ2) is 11.0. The Labute approximate surface area is 227 Å². The lowest BCUT2D eigenvalue weighted by molar-refractivity contribution is -0.138. The van der Waals surface area contributed by atoms with Gasteiger partial charge in [-0.15, -0.1) is 0 Å². The number of fused-ring (bicyclic) bond motifs is 1. The quantitative estimate of drug-likeness (QED) is 0.265. The average Bonchev–Trinajstić information content (AvgIpc) is 2.86. The number of pyridine rings is 1. The van der Waals surface area contributed by atoms with Gasteiger partial charge in [0.05, 0.1) is 35.0 Å². The maximum atomic E-state index is 15.1. The van der Waals surface area contributed by atoms with Gasteiger partial charge in [-0.25, -0.2) is 28.2 Å². The molecule has 3 N–H and O–H groups in total. The van der Waals surface area contributed by atoms with E-state index in [-0.39, 0.29) is 16.8 Å². The summed E-state index contributed by atoms with van der Waals surface area (Å²) < 4.78 is 85.6. The van der Waals surface area contributed by atoms with Crippen molar-refractivity contribution in [3.8, 4) is 11.4 Å². The number of nitrogens with one attached hydrogen (secondary N) is 2. The molecule has 0 spiro atoms. The Hall–Kier alpha value is -4.27. The number of anilines is 1. The van der Waals surface area contributed by atoms with Crippen LogP contribution in [0.5, 0.6) is 0 Å². The number of alkyl halides is 4. The summed E-state index contributed by atoms with van der Waals surface area (Å²) >= 11 is 0. The van der Waals surface area contributed by atoms with Crippen molar-refractivity contribution >= 4 is 16.5 Å². The summed E-state index contributed by atoms with van der Waals surface area (Å²) in [6.45, 7) is 3.76. The Kier molecular flexibility index (Phi) is 7.94. The largest absolute Gasteiger partial charge is 0.423 e. The first-order valence-electron chi connectivity index (χ1n) is 12.2. The van der Waals surface area contributed by atoms with Gasteiger partial charge in [-0.2, -0.15) is 18.3 Å². The number of benzene rings is 1. The van der Waals surface area contributed by atoms with Crippen LogP contribution in [0.4, 0.5) is 32.0 Å². The van der Waals surface area contributed by atoms with Gasteiger partial charge in [-0.05, 0) is 38.3 Å². The molecule has 0 amide bonds. The van der Waals surface area contributed by atoms with Gasteiger partial charge in [-0.1, -0.05) is 0 Å². The molecule has 3 heterocycles. The minimum atomic E-state index is -4.99. The van der Waals surface area contributed by atoms with Crippen LogP contribution in [0.2, 0.25) is 0 Å². The third kappa shape index (κ3) is 6.24. The van der Waals surface area contributed by atoms with Crippen LogP contribution in [0.3, 0.4) is 0 Å². The summed E-state index contributed by atoms with van der Waals surface area (Å²) in [4.78, 5) is 32.5. The Morgan fingerprint density at radius 3 is 2.37 bits per heavy atom. The molecule has 0 saturated heterocycles. The summed E-state index contributed by atoms with van der Waals surface area (Å²) in [5, 5.41) is 16.8.